The first kappa shape index (κ1) is 12.7. The molecule has 0 saturated carbocycles. The van der Waals surface area contributed by atoms with E-state index in [0.717, 1.165) is 39.0 Å². The maximum absolute atomic E-state index is 11.9. The Morgan fingerprint density at radius 1 is 1.41 bits per heavy atom. The molecule has 0 unspecified atom stereocenters. The molecule has 1 N–H and O–H groups in total. The first-order valence-corrected chi connectivity index (χ1v) is 7.20. The summed E-state index contributed by atoms with van der Waals surface area (Å²) in [5, 5.41) is 5.42. The van der Waals surface area contributed by atoms with Crippen molar-refractivity contribution in [1.82, 2.24) is 10.2 Å². The average Bonchev–Trinajstić information content (AvgIpc) is 2.72. The number of carbonyl (C=O) groups is 1. The predicted molar refractivity (Wildman–Crippen MR) is 71.6 cm³/mol. The van der Waals surface area contributed by atoms with Gasteiger partial charge >= 0.3 is 0 Å². The van der Waals surface area contributed by atoms with Gasteiger partial charge in [0, 0.05) is 24.4 Å². The van der Waals surface area contributed by atoms with Gasteiger partial charge in [-0.25, -0.2) is 0 Å². The van der Waals surface area contributed by atoms with Crippen molar-refractivity contribution in [3.8, 4) is 0 Å². The number of aryl methyl sites for hydroxylation is 1. The van der Waals surface area contributed by atoms with Crippen molar-refractivity contribution in [2.75, 3.05) is 32.7 Å². The molecule has 1 fully saturated rings. The van der Waals surface area contributed by atoms with Crippen LogP contribution in [0.5, 0.6) is 0 Å². The first-order valence-electron chi connectivity index (χ1n) is 6.32. The molecule has 1 aromatic heterocycles. The zero-order valence-electron chi connectivity index (χ0n) is 10.2. The molecule has 0 spiro atoms. The summed E-state index contributed by atoms with van der Waals surface area (Å²) < 4.78 is 0. The van der Waals surface area contributed by atoms with Gasteiger partial charge in [-0.3, -0.25) is 9.69 Å². The zero-order valence-corrected chi connectivity index (χ0v) is 11.0. The highest BCUT2D eigenvalue weighted by atomic mass is 32.1. The largest absolute Gasteiger partial charge is 0.315 e. The number of hydrogen-bond acceptors (Lipinski definition) is 4. The van der Waals surface area contributed by atoms with E-state index >= 15 is 0 Å². The highest BCUT2D eigenvalue weighted by Gasteiger charge is 2.12. The van der Waals surface area contributed by atoms with Gasteiger partial charge in [0.1, 0.15) is 5.78 Å². The molecule has 4 heteroatoms. The van der Waals surface area contributed by atoms with Gasteiger partial charge < -0.3 is 5.32 Å². The van der Waals surface area contributed by atoms with Crippen LogP contribution in [0.25, 0.3) is 0 Å². The number of rotatable bonds is 5. The van der Waals surface area contributed by atoms with Crippen LogP contribution < -0.4 is 5.32 Å². The fourth-order valence-electron chi connectivity index (χ4n) is 2.11. The number of hydrogen-bond donors (Lipinski definition) is 1. The van der Waals surface area contributed by atoms with E-state index in [1.807, 2.05) is 6.07 Å². The van der Waals surface area contributed by atoms with E-state index in [-0.39, 0.29) is 0 Å². The lowest BCUT2D eigenvalue weighted by molar-refractivity contribution is -0.120. The SMILES string of the molecule is O=C(CCc1cccs1)CN1CCCNCC1. The Balaban J connectivity index is 1.69. The minimum atomic E-state index is 0.375. The van der Waals surface area contributed by atoms with Crippen molar-refractivity contribution in [3.63, 3.8) is 0 Å². The minimum absolute atomic E-state index is 0.375. The van der Waals surface area contributed by atoms with Crippen LogP contribution in [-0.2, 0) is 11.2 Å². The third kappa shape index (κ3) is 4.58. The number of nitrogens with one attached hydrogen (secondary N) is 1. The van der Waals surface area contributed by atoms with Gasteiger partial charge in [-0.05, 0) is 37.4 Å². The molecule has 0 atom stereocenters. The summed E-state index contributed by atoms with van der Waals surface area (Å²) in [5.41, 5.74) is 0. The number of carbonyl (C=O) groups excluding carboxylic acids is 1. The molecular formula is C13H20N2OS. The smallest absolute Gasteiger partial charge is 0.147 e. The molecular weight excluding hydrogens is 232 g/mol. The quantitative estimate of drug-likeness (QED) is 0.863. The van der Waals surface area contributed by atoms with Crippen LogP contribution in [-0.4, -0.2) is 43.4 Å². The normalized spacial score (nSPS) is 17.9. The number of nitrogens with zero attached hydrogens (tertiary/aromatic N) is 1. The molecule has 0 amide bonds. The summed E-state index contributed by atoms with van der Waals surface area (Å²) in [4.78, 5) is 15.5. The maximum atomic E-state index is 11.9. The van der Waals surface area contributed by atoms with Gasteiger partial charge in [0.25, 0.3) is 0 Å². The van der Waals surface area contributed by atoms with E-state index in [1.165, 1.54) is 4.88 Å². The highest BCUT2D eigenvalue weighted by molar-refractivity contribution is 7.09. The van der Waals surface area contributed by atoms with Crippen LogP contribution in [0.1, 0.15) is 17.7 Å². The molecule has 1 aliphatic rings. The van der Waals surface area contributed by atoms with E-state index in [0.29, 0.717) is 18.7 Å². The Morgan fingerprint density at radius 3 is 3.18 bits per heavy atom. The molecule has 17 heavy (non-hydrogen) atoms. The molecule has 0 aromatic carbocycles. The Hall–Kier alpha value is -0.710. The monoisotopic (exact) mass is 252 g/mol. The fraction of sp³-hybridized carbons (Fsp3) is 0.615. The van der Waals surface area contributed by atoms with Crippen molar-refractivity contribution in [2.24, 2.45) is 0 Å². The molecule has 1 aliphatic heterocycles. The molecule has 0 radical (unpaired) electrons. The summed E-state index contributed by atoms with van der Waals surface area (Å²) in [7, 11) is 0. The van der Waals surface area contributed by atoms with E-state index in [1.54, 1.807) is 11.3 Å². The summed E-state index contributed by atoms with van der Waals surface area (Å²) >= 11 is 1.74. The molecule has 2 rings (SSSR count). The van der Waals surface area contributed by atoms with Gasteiger partial charge in [0.15, 0.2) is 0 Å². The van der Waals surface area contributed by atoms with E-state index < -0.39 is 0 Å². The predicted octanol–water partition coefficient (Wildman–Crippen LogP) is 1.55. The van der Waals surface area contributed by atoms with E-state index in [4.69, 9.17) is 0 Å². The van der Waals surface area contributed by atoms with Crippen molar-refractivity contribution < 1.29 is 4.79 Å². The molecule has 0 aliphatic carbocycles. The van der Waals surface area contributed by atoms with E-state index in [9.17, 15) is 4.79 Å². The van der Waals surface area contributed by atoms with Crippen molar-refractivity contribution in [3.05, 3.63) is 22.4 Å². The topological polar surface area (TPSA) is 32.3 Å². The second-order valence-corrected chi connectivity index (χ2v) is 5.53. The average molecular weight is 252 g/mol. The van der Waals surface area contributed by atoms with E-state index in [2.05, 4.69) is 21.7 Å². The third-order valence-corrected chi connectivity index (χ3v) is 4.00. The highest BCUT2D eigenvalue weighted by Crippen LogP contribution is 2.11. The number of Topliss-reactive ketones (excluding diaryl/α,β-unsaturated/α-hetero) is 1. The van der Waals surface area contributed by atoms with Crippen molar-refractivity contribution in [1.29, 1.82) is 0 Å². The Bertz CT molecular complexity index is 329. The minimum Gasteiger partial charge on any atom is -0.315 e. The first-order chi connectivity index (χ1) is 8.34. The Kier molecular flexibility index (Phi) is 5.16. The van der Waals surface area contributed by atoms with Gasteiger partial charge in [0.05, 0.1) is 6.54 Å². The second-order valence-electron chi connectivity index (χ2n) is 4.50. The summed E-state index contributed by atoms with van der Waals surface area (Å²) in [6.45, 7) is 4.79. The molecule has 3 nitrogen and oxygen atoms in total. The summed E-state index contributed by atoms with van der Waals surface area (Å²) in [6.07, 6.45) is 2.74. The van der Waals surface area contributed by atoms with Crippen molar-refractivity contribution >= 4 is 17.1 Å². The van der Waals surface area contributed by atoms with Gasteiger partial charge in [-0.1, -0.05) is 6.07 Å². The van der Waals surface area contributed by atoms with Crippen LogP contribution in [0.4, 0.5) is 0 Å². The van der Waals surface area contributed by atoms with Gasteiger partial charge in [0.2, 0.25) is 0 Å². The lowest BCUT2D eigenvalue weighted by Gasteiger charge is -2.18. The second kappa shape index (κ2) is 6.89. The maximum Gasteiger partial charge on any atom is 0.147 e. The molecule has 94 valence electrons. The lowest BCUT2D eigenvalue weighted by Crippen LogP contribution is -2.33. The Labute approximate surface area is 107 Å². The zero-order chi connectivity index (χ0) is 11.9. The standard InChI is InChI=1S/C13H20N2OS/c16-12(4-5-13-3-1-10-17-13)11-15-8-2-6-14-7-9-15/h1,3,10,14H,2,4-9,11H2. The van der Waals surface area contributed by atoms with Crippen LogP contribution in [0, 0.1) is 0 Å². The van der Waals surface area contributed by atoms with Crippen LogP contribution in [0.15, 0.2) is 17.5 Å². The van der Waals surface area contributed by atoms with Gasteiger partial charge in [-0.2, -0.15) is 0 Å². The van der Waals surface area contributed by atoms with Crippen LogP contribution in [0.2, 0.25) is 0 Å². The molecule has 1 aromatic rings. The summed E-state index contributed by atoms with van der Waals surface area (Å²) in [5.74, 6) is 0.375. The van der Waals surface area contributed by atoms with Crippen LogP contribution in [0.3, 0.4) is 0 Å². The third-order valence-electron chi connectivity index (χ3n) is 3.06. The molecule has 1 saturated heterocycles. The lowest BCUT2D eigenvalue weighted by atomic mass is 10.2. The van der Waals surface area contributed by atoms with Crippen LogP contribution >= 0.6 is 11.3 Å². The number of ketones is 1. The molecule has 0 bridgehead atoms. The van der Waals surface area contributed by atoms with Crippen molar-refractivity contribution in [2.45, 2.75) is 19.3 Å². The Morgan fingerprint density at radius 2 is 2.35 bits per heavy atom. The summed E-state index contributed by atoms with van der Waals surface area (Å²) in [6, 6.07) is 4.15. The molecule has 2 heterocycles. The fourth-order valence-corrected chi connectivity index (χ4v) is 2.81. The van der Waals surface area contributed by atoms with Gasteiger partial charge in [-0.15, -0.1) is 11.3 Å². The number of thiophene rings is 1.